The van der Waals surface area contributed by atoms with Gasteiger partial charge in [-0.15, -0.1) is 0 Å². The van der Waals surface area contributed by atoms with Crippen LogP contribution in [0.4, 0.5) is 0 Å². The van der Waals surface area contributed by atoms with Gasteiger partial charge in [0.1, 0.15) is 0 Å². The van der Waals surface area contributed by atoms with Crippen molar-refractivity contribution in [2.24, 2.45) is 5.92 Å². The van der Waals surface area contributed by atoms with Crippen LogP contribution in [-0.4, -0.2) is 13.7 Å². The van der Waals surface area contributed by atoms with Crippen LogP contribution in [0.2, 0.25) is 0 Å². The second-order valence-electron chi connectivity index (χ2n) is 5.23. The van der Waals surface area contributed by atoms with Crippen molar-refractivity contribution in [2.45, 2.75) is 49.2 Å². The zero-order valence-electron chi connectivity index (χ0n) is 11.5. The highest BCUT2D eigenvalue weighted by molar-refractivity contribution is 7.92. The van der Waals surface area contributed by atoms with E-state index in [1.54, 1.807) is 24.3 Å². The largest absolute Gasteiger partial charge is 0.223 e. The van der Waals surface area contributed by atoms with Crippen LogP contribution in [0.1, 0.15) is 39.0 Å². The Labute approximate surface area is 116 Å². The third kappa shape index (κ3) is 3.27. The lowest BCUT2D eigenvalue weighted by Crippen LogP contribution is -2.30. The normalized spacial score (nSPS) is 23.4. The number of allylic oxidation sites excluding steroid dienone is 1. The van der Waals surface area contributed by atoms with Crippen LogP contribution in [-0.2, 0) is 9.84 Å². The topological polar surface area (TPSA) is 34.1 Å². The second-order valence-corrected chi connectivity index (χ2v) is 7.34. The molecule has 0 heterocycles. The zero-order chi connectivity index (χ0) is 13.7. The van der Waals surface area contributed by atoms with Gasteiger partial charge < -0.3 is 0 Å². The van der Waals surface area contributed by atoms with Gasteiger partial charge in [-0.3, -0.25) is 0 Å². The molecule has 0 aliphatic heterocycles. The Bertz CT molecular complexity index is 517. The van der Waals surface area contributed by atoms with Crippen molar-refractivity contribution < 1.29 is 8.42 Å². The molecule has 1 aromatic carbocycles. The first-order valence-electron chi connectivity index (χ1n) is 7.12. The summed E-state index contributed by atoms with van der Waals surface area (Å²) in [6.07, 6.45) is 9.18. The Kier molecular flexibility index (Phi) is 4.81. The van der Waals surface area contributed by atoms with Gasteiger partial charge in [0.15, 0.2) is 9.84 Å². The van der Waals surface area contributed by atoms with E-state index in [9.17, 15) is 8.42 Å². The van der Waals surface area contributed by atoms with Crippen molar-refractivity contribution in [3.05, 3.63) is 42.5 Å². The van der Waals surface area contributed by atoms with Crippen LogP contribution in [0.3, 0.4) is 0 Å². The molecule has 0 spiro atoms. The minimum atomic E-state index is -3.23. The standard InChI is InChI=1S/C16H22O2S/c1-2-3-9-14-10-7-8-13-16(14)19(17,18)15-11-5-4-6-12-15/h4-6,8,11-14,16H,2-3,7,9-10H2,1H3. The van der Waals surface area contributed by atoms with Gasteiger partial charge in [-0.1, -0.05) is 50.1 Å². The molecule has 0 bridgehead atoms. The lowest BCUT2D eigenvalue weighted by Gasteiger charge is -2.27. The summed E-state index contributed by atoms with van der Waals surface area (Å²) in [6, 6.07) is 8.84. The fourth-order valence-electron chi connectivity index (χ4n) is 2.76. The van der Waals surface area contributed by atoms with E-state index in [1.165, 1.54) is 0 Å². The van der Waals surface area contributed by atoms with Crippen LogP contribution in [0, 0.1) is 5.92 Å². The van der Waals surface area contributed by atoms with Gasteiger partial charge in [-0.2, -0.15) is 0 Å². The van der Waals surface area contributed by atoms with E-state index < -0.39 is 9.84 Å². The second kappa shape index (κ2) is 6.38. The molecule has 0 fully saturated rings. The average molecular weight is 278 g/mol. The Morgan fingerprint density at radius 3 is 2.63 bits per heavy atom. The molecule has 0 aromatic heterocycles. The minimum absolute atomic E-state index is 0.273. The molecule has 0 amide bonds. The number of benzene rings is 1. The molecular formula is C16H22O2S. The summed E-state index contributed by atoms with van der Waals surface area (Å²) < 4.78 is 25.4. The predicted octanol–water partition coefficient (Wildman–Crippen LogP) is 3.99. The molecule has 1 aliphatic carbocycles. The smallest absolute Gasteiger partial charge is 0.185 e. The van der Waals surface area contributed by atoms with Crippen molar-refractivity contribution >= 4 is 9.84 Å². The summed E-state index contributed by atoms with van der Waals surface area (Å²) in [5, 5.41) is -0.338. The Hall–Kier alpha value is -1.09. The lowest BCUT2D eigenvalue weighted by molar-refractivity contribution is 0.423. The maximum Gasteiger partial charge on any atom is 0.185 e. The highest BCUT2D eigenvalue weighted by atomic mass is 32.2. The molecule has 104 valence electrons. The number of hydrogen-bond acceptors (Lipinski definition) is 2. The average Bonchev–Trinajstić information content (AvgIpc) is 2.46. The van der Waals surface area contributed by atoms with Gasteiger partial charge >= 0.3 is 0 Å². The maximum atomic E-state index is 12.7. The van der Waals surface area contributed by atoms with Crippen molar-refractivity contribution in [1.82, 2.24) is 0 Å². The van der Waals surface area contributed by atoms with E-state index in [4.69, 9.17) is 0 Å². The molecule has 2 unspecified atom stereocenters. The molecule has 3 heteroatoms. The van der Waals surface area contributed by atoms with Crippen LogP contribution in [0.15, 0.2) is 47.4 Å². The molecule has 19 heavy (non-hydrogen) atoms. The van der Waals surface area contributed by atoms with Gasteiger partial charge in [-0.05, 0) is 37.3 Å². The third-order valence-electron chi connectivity index (χ3n) is 3.85. The summed E-state index contributed by atoms with van der Waals surface area (Å²) >= 11 is 0. The van der Waals surface area contributed by atoms with Crippen LogP contribution in [0.5, 0.6) is 0 Å². The number of unbranched alkanes of at least 4 members (excludes halogenated alkanes) is 1. The highest BCUT2D eigenvalue weighted by Gasteiger charge is 2.33. The first kappa shape index (κ1) is 14.3. The van der Waals surface area contributed by atoms with E-state index in [1.807, 2.05) is 18.2 Å². The van der Waals surface area contributed by atoms with Gasteiger partial charge in [0.2, 0.25) is 0 Å². The van der Waals surface area contributed by atoms with E-state index in [-0.39, 0.29) is 11.2 Å². The monoisotopic (exact) mass is 278 g/mol. The van der Waals surface area contributed by atoms with Crippen molar-refractivity contribution in [3.63, 3.8) is 0 Å². The van der Waals surface area contributed by atoms with Crippen LogP contribution in [0.25, 0.3) is 0 Å². The molecular weight excluding hydrogens is 256 g/mol. The first-order valence-corrected chi connectivity index (χ1v) is 8.66. The Morgan fingerprint density at radius 1 is 1.21 bits per heavy atom. The summed E-state index contributed by atoms with van der Waals surface area (Å²) in [4.78, 5) is 0.452. The first-order chi connectivity index (χ1) is 9.16. The molecule has 0 N–H and O–H groups in total. The van der Waals surface area contributed by atoms with Crippen LogP contribution < -0.4 is 0 Å². The fraction of sp³-hybridized carbons (Fsp3) is 0.500. The molecule has 1 aliphatic rings. The number of hydrogen-bond donors (Lipinski definition) is 0. The summed E-state index contributed by atoms with van der Waals surface area (Å²) in [7, 11) is -3.23. The lowest BCUT2D eigenvalue weighted by atomic mass is 9.89. The summed E-state index contributed by atoms with van der Waals surface area (Å²) in [6.45, 7) is 2.15. The molecule has 2 rings (SSSR count). The minimum Gasteiger partial charge on any atom is -0.223 e. The van der Waals surface area contributed by atoms with E-state index in [0.717, 1.165) is 32.1 Å². The van der Waals surface area contributed by atoms with Gasteiger partial charge in [0.25, 0.3) is 0 Å². The highest BCUT2D eigenvalue weighted by Crippen LogP contribution is 2.32. The third-order valence-corrected chi connectivity index (χ3v) is 6.04. The Morgan fingerprint density at radius 2 is 1.95 bits per heavy atom. The van der Waals surface area contributed by atoms with E-state index in [0.29, 0.717) is 4.90 Å². The molecule has 0 saturated heterocycles. The van der Waals surface area contributed by atoms with Crippen molar-refractivity contribution in [3.8, 4) is 0 Å². The maximum absolute atomic E-state index is 12.7. The fourth-order valence-corrected chi connectivity index (χ4v) is 4.71. The molecule has 1 aromatic rings. The predicted molar refractivity (Wildman–Crippen MR) is 78.8 cm³/mol. The number of sulfone groups is 1. The number of rotatable bonds is 5. The molecule has 0 saturated carbocycles. The Balaban J connectivity index is 2.27. The molecule has 2 nitrogen and oxygen atoms in total. The SMILES string of the molecule is CCCCC1CCC=CC1S(=O)(=O)c1ccccc1. The quantitative estimate of drug-likeness (QED) is 0.763. The van der Waals surface area contributed by atoms with Crippen molar-refractivity contribution in [1.29, 1.82) is 0 Å². The van der Waals surface area contributed by atoms with Gasteiger partial charge in [0, 0.05) is 0 Å². The van der Waals surface area contributed by atoms with Gasteiger partial charge in [-0.25, -0.2) is 8.42 Å². The van der Waals surface area contributed by atoms with E-state index >= 15 is 0 Å². The van der Waals surface area contributed by atoms with Gasteiger partial charge in [0.05, 0.1) is 10.1 Å². The zero-order valence-corrected chi connectivity index (χ0v) is 12.3. The molecule has 0 radical (unpaired) electrons. The summed E-state index contributed by atoms with van der Waals surface area (Å²) in [5.74, 6) is 0.273. The summed E-state index contributed by atoms with van der Waals surface area (Å²) in [5.41, 5.74) is 0. The molecule has 2 atom stereocenters. The van der Waals surface area contributed by atoms with Crippen LogP contribution >= 0.6 is 0 Å². The van der Waals surface area contributed by atoms with E-state index in [2.05, 4.69) is 6.92 Å². The van der Waals surface area contributed by atoms with Crippen molar-refractivity contribution in [2.75, 3.05) is 0 Å².